The second kappa shape index (κ2) is 3.80. The molecule has 0 spiro atoms. The molecule has 0 fully saturated rings. The Labute approximate surface area is 101 Å². The van der Waals surface area contributed by atoms with Gasteiger partial charge in [0.05, 0.1) is 11.1 Å². The molecule has 90 valence electrons. The van der Waals surface area contributed by atoms with E-state index >= 15 is 0 Å². The first-order valence-corrected chi connectivity index (χ1v) is 5.29. The molecule has 0 amide bonds. The third kappa shape index (κ3) is 1.52. The van der Waals surface area contributed by atoms with E-state index in [1.165, 1.54) is 12.1 Å². The number of halogens is 2. The zero-order chi connectivity index (χ0) is 12.7. The van der Waals surface area contributed by atoms with Crippen LogP contribution in [0.25, 0.3) is 22.4 Å². The number of hydrogen-bond donors (Lipinski definition) is 2. The number of phenolic OH excluding ortho intramolecular Hbond substituents is 1. The summed E-state index contributed by atoms with van der Waals surface area (Å²) < 4.78 is 26.6. The molecular formula is C13H8F2N2O. The Morgan fingerprint density at radius 2 is 1.83 bits per heavy atom. The molecule has 0 unspecified atom stereocenters. The van der Waals surface area contributed by atoms with Crippen molar-refractivity contribution in [3.05, 3.63) is 48.0 Å². The summed E-state index contributed by atoms with van der Waals surface area (Å²) in [5, 5.41) is 9.69. The Hall–Kier alpha value is -2.43. The maximum absolute atomic E-state index is 13.5. The van der Waals surface area contributed by atoms with Gasteiger partial charge in [-0.05, 0) is 24.3 Å². The molecule has 0 aliphatic carbocycles. The fraction of sp³-hybridized carbons (Fsp3) is 0. The van der Waals surface area contributed by atoms with Crippen LogP contribution in [0.2, 0.25) is 0 Å². The summed E-state index contributed by atoms with van der Waals surface area (Å²) in [5.41, 5.74) is 0.744. The lowest BCUT2D eigenvalue weighted by atomic mass is 10.2. The normalized spacial score (nSPS) is 11.0. The van der Waals surface area contributed by atoms with Crippen LogP contribution in [0.15, 0.2) is 36.4 Å². The van der Waals surface area contributed by atoms with Crippen LogP contribution >= 0.6 is 0 Å². The molecular weight excluding hydrogens is 238 g/mol. The number of aromatic hydroxyl groups is 1. The molecule has 3 aromatic rings. The zero-order valence-corrected chi connectivity index (χ0v) is 9.11. The topological polar surface area (TPSA) is 48.9 Å². The summed E-state index contributed by atoms with van der Waals surface area (Å²) >= 11 is 0. The minimum Gasteiger partial charge on any atom is -0.507 e. The Bertz CT molecular complexity index is 737. The quantitative estimate of drug-likeness (QED) is 0.692. The molecule has 2 aromatic carbocycles. The van der Waals surface area contributed by atoms with Crippen molar-refractivity contribution in [3.63, 3.8) is 0 Å². The fourth-order valence-corrected chi connectivity index (χ4v) is 1.82. The molecule has 5 heteroatoms. The highest BCUT2D eigenvalue weighted by Crippen LogP contribution is 2.29. The lowest BCUT2D eigenvalue weighted by Crippen LogP contribution is -1.84. The maximum Gasteiger partial charge on any atom is 0.186 e. The molecule has 18 heavy (non-hydrogen) atoms. The van der Waals surface area contributed by atoms with Crippen molar-refractivity contribution in [1.29, 1.82) is 0 Å². The highest BCUT2D eigenvalue weighted by Gasteiger charge is 2.14. The third-order valence-corrected chi connectivity index (χ3v) is 2.70. The van der Waals surface area contributed by atoms with Crippen molar-refractivity contribution in [3.8, 4) is 17.1 Å². The van der Waals surface area contributed by atoms with E-state index in [0.29, 0.717) is 16.9 Å². The molecule has 0 saturated heterocycles. The van der Waals surface area contributed by atoms with Gasteiger partial charge < -0.3 is 10.1 Å². The van der Waals surface area contributed by atoms with Crippen LogP contribution in [0, 0.1) is 11.6 Å². The predicted octanol–water partition coefficient (Wildman–Crippen LogP) is 3.21. The fourth-order valence-electron chi connectivity index (χ4n) is 1.82. The molecule has 0 saturated carbocycles. The third-order valence-electron chi connectivity index (χ3n) is 2.70. The van der Waals surface area contributed by atoms with Gasteiger partial charge in [-0.1, -0.05) is 12.1 Å². The van der Waals surface area contributed by atoms with Gasteiger partial charge in [0.25, 0.3) is 0 Å². The van der Waals surface area contributed by atoms with E-state index in [1.807, 2.05) is 0 Å². The number of aromatic nitrogens is 2. The Morgan fingerprint density at radius 1 is 1.06 bits per heavy atom. The Balaban J connectivity index is 2.26. The molecule has 1 aromatic heterocycles. The average molecular weight is 246 g/mol. The number of fused-ring (bicyclic) bond motifs is 1. The van der Waals surface area contributed by atoms with Crippen molar-refractivity contribution in [2.75, 3.05) is 0 Å². The van der Waals surface area contributed by atoms with Gasteiger partial charge in [0.15, 0.2) is 11.6 Å². The number of phenols is 1. The molecule has 1 heterocycles. The van der Waals surface area contributed by atoms with Gasteiger partial charge in [-0.25, -0.2) is 13.8 Å². The lowest BCUT2D eigenvalue weighted by Gasteiger charge is -1.98. The van der Waals surface area contributed by atoms with E-state index < -0.39 is 11.6 Å². The first-order valence-electron chi connectivity index (χ1n) is 5.29. The van der Waals surface area contributed by atoms with Crippen LogP contribution in [0.1, 0.15) is 0 Å². The number of benzene rings is 2. The Kier molecular flexibility index (Phi) is 2.26. The van der Waals surface area contributed by atoms with Crippen molar-refractivity contribution in [2.45, 2.75) is 0 Å². The van der Waals surface area contributed by atoms with Gasteiger partial charge in [-0.3, -0.25) is 0 Å². The minimum atomic E-state index is -0.995. The molecule has 0 bridgehead atoms. The zero-order valence-electron chi connectivity index (χ0n) is 9.11. The van der Waals surface area contributed by atoms with E-state index in [9.17, 15) is 13.9 Å². The van der Waals surface area contributed by atoms with Gasteiger partial charge in [-0.15, -0.1) is 0 Å². The number of para-hydroxylation sites is 1. The van der Waals surface area contributed by atoms with Gasteiger partial charge >= 0.3 is 0 Å². The van der Waals surface area contributed by atoms with E-state index in [0.717, 1.165) is 6.07 Å². The average Bonchev–Trinajstić information content (AvgIpc) is 2.79. The highest BCUT2D eigenvalue weighted by atomic mass is 19.2. The summed E-state index contributed by atoms with van der Waals surface area (Å²) in [6, 6.07) is 8.97. The van der Waals surface area contributed by atoms with Gasteiger partial charge in [-0.2, -0.15) is 0 Å². The summed E-state index contributed by atoms with van der Waals surface area (Å²) in [6.45, 7) is 0. The molecule has 0 atom stereocenters. The number of nitrogens with one attached hydrogen (secondary N) is 1. The van der Waals surface area contributed by atoms with Gasteiger partial charge in [0, 0.05) is 0 Å². The first kappa shape index (κ1) is 10.7. The standard InChI is InChI=1S/C13H8F2N2O/c14-8-5-6-9-12(11(8)15)17-13(16-9)7-3-1-2-4-10(7)18/h1-6,18H,(H,16,17). The lowest BCUT2D eigenvalue weighted by molar-refractivity contribution is 0.477. The predicted molar refractivity (Wildman–Crippen MR) is 63.1 cm³/mol. The van der Waals surface area contributed by atoms with Crippen LogP contribution in [0.4, 0.5) is 8.78 Å². The van der Waals surface area contributed by atoms with E-state index in [2.05, 4.69) is 9.97 Å². The van der Waals surface area contributed by atoms with Gasteiger partial charge in [0.2, 0.25) is 0 Å². The van der Waals surface area contributed by atoms with Crippen molar-refractivity contribution in [2.24, 2.45) is 0 Å². The second-order valence-corrected chi connectivity index (χ2v) is 3.86. The summed E-state index contributed by atoms with van der Waals surface area (Å²) in [5.74, 6) is -1.62. The minimum absolute atomic E-state index is 0.0254. The van der Waals surface area contributed by atoms with Crippen LogP contribution in [0.3, 0.4) is 0 Å². The summed E-state index contributed by atoms with van der Waals surface area (Å²) in [4.78, 5) is 6.82. The first-order chi connectivity index (χ1) is 8.66. The van der Waals surface area contributed by atoms with Crippen LogP contribution in [-0.4, -0.2) is 15.1 Å². The largest absolute Gasteiger partial charge is 0.507 e. The van der Waals surface area contributed by atoms with Gasteiger partial charge in [0.1, 0.15) is 17.1 Å². The van der Waals surface area contributed by atoms with Crippen molar-refractivity contribution < 1.29 is 13.9 Å². The number of H-pyrrole nitrogens is 1. The van der Waals surface area contributed by atoms with Crippen LogP contribution < -0.4 is 0 Å². The highest BCUT2D eigenvalue weighted by molar-refractivity contribution is 5.81. The number of aromatic amines is 1. The maximum atomic E-state index is 13.5. The van der Waals surface area contributed by atoms with Crippen molar-refractivity contribution in [1.82, 2.24) is 9.97 Å². The Morgan fingerprint density at radius 3 is 2.61 bits per heavy atom. The smallest absolute Gasteiger partial charge is 0.186 e. The number of hydrogen-bond acceptors (Lipinski definition) is 2. The molecule has 2 N–H and O–H groups in total. The number of nitrogens with zero attached hydrogens (tertiary/aromatic N) is 1. The molecule has 0 aliphatic rings. The SMILES string of the molecule is Oc1ccccc1-c1nc2c(F)c(F)ccc2[nH]1. The summed E-state index contributed by atoms with van der Waals surface area (Å²) in [6.07, 6.45) is 0. The van der Waals surface area contributed by atoms with E-state index in [1.54, 1.807) is 18.2 Å². The molecule has 3 rings (SSSR count). The van der Waals surface area contributed by atoms with Crippen molar-refractivity contribution >= 4 is 11.0 Å². The van der Waals surface area contributed by atoms with E-state index in [-0.39, 0.29) is 11.3 Å². The second-order valence-electron chi connectivity index (χ2n) is 3.86. The van der Waals surface area contributed by atoms with Crippen LogP contribution in [-0.2, 0) is 0 Å². The van der Waals surface area contributed by atoms with E-state index in [4.69, 9.17) is 0 Å². The molecule has 0 radical (unpaired) electrons. The summed E-state index contributed by atoms with van der Waals surface area (Å²) in [7, 11) is 0. The molecule has 0 aliphatic heterocycles. The number of rotatable bonds is 1. The monoisotopic (exact) mass is 246 g/mol. The number of imidazole rings is 1. The van der Waals surface area contributed by atoms with Crippen LogP contribution in [0.5, 0.6) is 5.75 Å². The molecule has 3 nitrogen and oxygen atoms in total.